The van der Waals surface area contributed by atoms with Crippen LogP contribution >= 0.6 is 0 Å². The van der Waals surface area contributed by atoms with Crippen LogP contribution in [0.15, 0.2) is 48.5 Å². The fraction of sp³-hybridized carbons (Fsp3) is 0.167. The molecular weight excluding hydrogens is 292 g/mol. The van der Waals surface area contributed by atoms with E-state index >= 15 is 0 Å². The molecule has 1 unspecified atom stereocenters. The van der Waals surface area contributed by atoms with Gasteiger partial charge in [-0.25, -0.2) is 0 Å². The van der Waals surface area contributed by atoms with Crippen molar-refractivity contribution >= 4 is 17.2 Å². The van der Waals surface area contributed by atoms with Crippen LogP contribution in [0.2, 0.25) is 0 Å². The summed E-state index contributed by atoms with van der Waals surface area (Å²) in [6.07, 6.45) is 5.80. The number of nitrogens with zero attached hydrogens (tertiary/aromatic N) is 1. The van der Waals surface area contributed by atoms with Gasteiger partial charge in [0.25, 0.3) is 5.69 Å². The maximum Gasteiger partial charge on any atom is 0.293 e. The molecule has 5 nitrogen and oxygen atoms in total. The molecule has 2 aromatic carbocycles. The Kier molecular flexibility index (Phi) is 5.11. The number of Topliss-reactive ketones (excluding diaryl/α,β-unsaturated/α-hetero) is 1. The van der Waals surface area contributed by atoms with Gasteiger partial charge in [-0.05, 0) is 24.6 Å². The fourth-order valence-electron chi connectivity index (χ4n) is 2.27. The van der Waals surface area contributed by atoms with Crippen LogP contribution in [0.25, 0.3) is 0 Å². The minimum atomic E-state index is -0.507. The largest absolute Gasteiger partial charge is 0.372 e. The minimum absolute atomic E-state index is 0.143. The highest BCUT2D eigenvalue weighted by atomic mass is 16.6. The van der Waals surface area contributed by atoms with E-state index < -0.39 is 4.92 Å². The Morgan fingerprint density at radius 2 is 2.00 bits per heavy atom. The van der Waals surface area contributed by atoms with Gasteiger partial charge in [0.05, 0.1) is 11.0 Å². The molecule has 5 heteroatoms. The standard InChI is InChI=1S/C18H16N2O3/c1-3-7-16(14-8-5-4-6-9-14)19-17-11-10-15(13(2)21)12-18(17)20(22)23/h1,4-6,8-12,16,19H,7H2,2H3. The van der Waals surface area contributed by atoms with E-state index in [1.807, 2.05) is 30.3 Å². The molecule has 0 aliphatic heterocycles. The molecule has 0 aliphatic rings. The third-order valence-electron chi connectivity index (χ3n) is 3.45. The molecule has 0 aromatic heterocycles. The lowest BCUT2D eigenvalue weighted by atomic mass is 10.0. The van der Waals surface area contributed by atoms with Gasteiger partial charge >= 0.3 is 0 Å². The first-order valence-corrected chi connectivity index (χ1v) is 7.07. The minimum Gasteiger partial charge on any atom is -0.372 e. The van der Waals surface area contributed by atoms with Crippen LogP contribution < -0.4 is 5.32 Å². The summed E-state index contributed by atoms with van der Waals surface area (Å²) < 4.78 is 0. The molecule has 0 spiro atoms. The fourth-order valence-corrected chi connectivity index (χ4v) is 2.27. The van der Waals surface area contributed by atoms with Crippen molar-refractivity contribution in [1.82, 2.24) is 0 Å². The number of terminal acetylenes is 1. The smallest absolute Gasteiger partial charge is 0.293 e. The lowest BCUT2D eigenvalue weighted by Gasteiger charge is -2.18. The van der Waals surface area contributed by atoms with E-state index in [-0.39, 0.29) is 17.5 Å². The zero-order chi connectivity index (χ0) is 16.8. The van der Waals surface area contributed by atoms with Crippen molar-refractivity contribution < 1.29 is 9.72 Å². The summed E-state index contributed by atoms with van der Waals surface area (Å²) in [5, 5.41) is 14.4. The number of benzene rings is 2. The van der Waals surface area contributed by atoms with E-state index in [1.54, 1.807) is 12.1 Å². The predicted octanol–water partition coefficient (Wildman–Crippen LogP) is 3.97. The van der Waals surface area contributed by atoms with Crippen LogP contribution in [0, 0.1) is 22.5 Å². The summed E-state index contributed by atoms with van der Waals surface area (Å²) in [4.78, 5) is 22.2. The van der Waals surface area contributed by atoms with E-state index in [2.05, 4.69) is 11.2 Å². The normalized spacial score (nSPS) is 11.3. The first-order chi connectivity index (χ1) is 11.0. The molecule has 2 rings (SSSR count). The number of nitro groups is 1. The first kappa shape index (κ1) is 16.2. The molecule has 0 saturated carbocycles. The first-order valence-electron chi connectivity index (χ1n) is 7.07. The summed E-state index contributed by atoms with van der Waals surface area (Å²) in [5.74, 6) is 2.36. The van der Waals surface area contributed by atoms with Crippen LogP contribution in [0.4, 0.5) is 11.4 Å². The Morgan fingerprint density at radius 3 is 2.57 bits per heavy atom. The van der Waals surface area contributed by atoms with Gasteiger partial charge in [0.1, 0.15) is 5.69 Å². The maximum atomic E-state index is 11.4. The molecule has 0 bridgehead atoms. The monoisotopic (exact) mass is 308 g/mol. The molecule has 23 heavy (non-hydrogen) atoms. The van der Waals surface area contributed by atoms with Crippen molar-refractivity contribution in [3.8, 4) is 12.3 Å². The third kappa shape index (κ3) is 3.95. The lowest BCUT2D eigenvalue weighted by molar-refractivity contribution is -0.384. The second-order valence-electron chi connectivity index (χ2n) is 5.06. The van der Waals surface area contributed by atoms with Gasteiger partial charge in [-0.15, -0.1) is 12.3 Å². The molecule has 2 aromatic rings. The number of nitro benzene ring substituents is 1. The highest BCUT2D eigenvalue weighted by molar-refractivity contribution is 5.95. The van der Waals surface area contributed by atoms with Crippen molar-refractivity contribution in [1.29, 1.82) is 0 Å². The number of carbonyl (C=O) groups is 1. The van der Waals surface area contributed by atoms with Gasteiger partial charge in [-0.1, -0.05) is 30.3 Å². The van der Waals surface area contributed by atoms with Crippen molar-refractivity contribution in [3.63, 3.8) is 0 Å². The Labute approximate surface area is 134 Å². The maximum absolute atomic E-state index is 11.4. The molecule has 0 heterocycles. The number of rotatable bonds is 6. The van der Waals surface area contributed by atoms with E-state index in [0.717, 1.165) is 5.56 Å². The number of carbonyl (C=O) groups excluding carboxylic acids is 1. The van der Waals surface area contributed by atoms with E-state index in [1.165, 1.54) is 13.0 Å². The van der Waals surface area contributed by atoms with Gasteiger partial charge in [0, 0.05) is 18.1 Å². The summed E-state index contributed by atoms with van der Waals surface area (Å²) in [5.41, 5.74) is 1.44. The van der Waals surface area contributed by atoms with Crippen molar-refractivity contribution in [2.45, 2.75) is 19.4 Å². The molecule has 116 valence electrons. The molecule has 0 fully saturated rings. The summed E-state index contributed by atoms with van der Waals surface area (Å²) in [7, 11) is 0. The van der Waals surface area contributed by atoms with Crippen LogP contribution in [0.1, 0.15) is 35.3 Å². The van der Waals surface area contributed by atoms with E-state index in [9.17, 15) is 14.9 Å². The predicted molar refractivity (Wildman–Crippen MR) is 89.4 cm³/mol. The zero-order valence-corrected chi connectivity index (χ0v) is 12.7. The highest BCUT2D eigenvalue weighted by Crippen LogP contribution is 2.30. The zero-order valence-electron chi connectivity index (χ0n) is 12.7. The van der Waals surface area contributed by atoms with Crippen LogP contribution in [-0.4, -0.2) is 10.7 Å². The number of ketones is 1. The SMILES string of the molecule is C#CCC(Nc1ccc(C(C)=O)cc1[N+](=O)[O-])c1ccccc1. The van der Waals surface area contributed by atoms with Crippen LogP contribution in [-0.2, 0) is 0 Å². The summed E-state index contributed by atoms with van der Waals surface area (Å²) in [6, 6.07) is 13.6. The Balaban J connectivity index is 2.38. The number of nitrogens with one attached hydrogen (secondary N) is 1. The second kappa shape index (κ2) is 7.23. The molecule has 0 amide bonds. The molecule has 0 saturated heterocycles. The summed E-state index contributed by atoms with van der Waals surface area (Å²) in [6.45, 7) is 1.37. The Hall–Kier alpha value is -3.13. The second-order valence-corrected chi connectivity index (χ2v) is 5.06. The topological polar surface area (TPSA) is 72.2 Å². The summed E-state index contributed by atoms with van der Waals surface area (Å²) >= 11 is 0. The molecule has 0 aliphatic carbocycles. The van der Waals surface area contributed by atoms with E-state index in [0.29, 0.717) is 17.7 Å². The average molecular weight is 308 g/mol. The van der Waals surface area contributed by atoms with Gasteiger partial charge < -0.3 is 5.32 Å². The number of hydrogen-bond donors (Lipinski definition) is 1. The lowest BCUT2D eigenvalue weighted by Crippen LogP contribution is -2.12. The number of anilines is 1. The molecular formula is C18H16N2O3. The Bertz CT molecular complexity index is 764. The number of hydrogen-bond acceptors (Lipinski definition) is 4. The highest BCUT2D eigenvalue weighted by Gasteiger charge is 2.19. The van der Waals surface area contributed by atoms with Gasteiger partial charge in [-0.2, -0.15) is 0 Å². The average Bonchev–Trinajstić information content (AvgIpc) is 2.55. The van der Waals surface area contributed by atoms with Crippen LogP contribution in [0.5, 0.6) is 0 Å². The molecule has 1 atom stereocenters. The van der Waals surface area contributed by atoms with Gasteiger partial charge in [0.15, 0.2) is 5.78 Å². The third-order valence-corrected chi connectivity index (χ3v) is 3.45. The quantitative estimate of drug-likeness (QED) is 0.379. The van der Waals surface area contributed by atoms with E-state index in [4.69, 9.17) is 6.42 Å². The Morgan fingerprint density at radius 1 is 1.30 bits per heavy atom. The van der Waals surface area contributed by atoms with Gasteiger partial charge in [0.2, 0.25) is 0 Å². The van der Waals surface area contributed by atoms with Crippen LogP contribution in [0.3, 0.4) is 0 Å². The molecule has 0 radical (unpaired) electrons. The molecule has 1 N–H and O–H groups in total. The van der Waals surface area contributed by atoms with Gasteiger partial charge in [-0.3, -0.25) is 14.9 Å². The van der Waals surface area contributed by atoms with Crippen molar-refractivity contribution in [2.75, 3.05) is 5.32 Å². The van der Waals surface area contributed by atoms with Crippen molar-refractivity contribution in [2.24, 2.45) is 0 Å². The van der Waals surface area contributed by atoms with Crippen molar-refractivity contribution in [3.05, 3.63) is 69.8 Å².